The number of ether oxygens (including phenoxy) is 1. The van der Waals surface area contributed by atoms with E-state index in [0.717, 1.165) is 83.7 Å². The average Bonchev–Trinajstić information content (AvgIpc) is 2.88. The molecule has 0 fully saturated rings. The van der Waals surface area contributed by atoms with Gasteiger partial charge in [-0.05, 0) is 69.5 Å². The first-order chi connectivity index (χ1) is 20.1. The number of terminal acetylenes is 1. The van der Waals surface area contributed by atoms with Gasteiger partial charge in [0.05, 0.1) is 18.6 Å². The second-order valence-corrected chi connectivity index (χ2v) is 24.5. The summed E-state index contributed by atoms with van der Waals surface area (Å²) in [4.78, 5) is 12.7. The summed E-state index contributed by atoms with van der Waals surface area (Å²) in [6.07, 6.45) is 19.8. The van der Waals surface area contributed by atoms with Crippen molar-refractivity contribution in [3.05, 3.63) is 0 Å². The van der Waals surface area contributed by atoms with Crippen LogP contribution in [0, 0.1) is 23.8 Å². The molecule has 0 amide bonds. The van der Waals surface area contributed by atoms with E-state index in [0.29, 0.717) is 12.8 Å². The van der Waals surface area contributed by atoms with Gasteiger partial charge in [0, 0.05) is 19.4 Å². The van der Waals surface area contributed by atoms with E-state index in [1.54, 1.807) is 0 Å². The number of esters is 1. The molecule has 0 heterocycles. The SMILES string of the molecule is C#CCCCC(O)CCCCCC(O)CC(=O)OC(CCC#C[Si](C)(C)C)CCCCCCCCO[Si](C)(C)C(C)(C)C. The summed E-state index contributed by atoms with van der Waals surface area (Å²) < 4.78 is 12.2. The molecule has 0 aromatic heterocycles. The van der Waals surface area contributed by atoms with Crippen LogP contribution in [-0.4, -0.2) is 57.5 Å². The molecule has 250 valence electrons. The van der Waals surface area contributed by atoms with E-state index in [2.05, 4.69) is 70.9 Å². The molecular weight excluding hydrogens is 569 g/mol. The Hall–Kier alpha value is -1.10. The molecule has 0 radical (unpaired) electrons. The molecule has 7 heteroatoms. The topological polar surface area (TPSA) is 76.0 Å². The molecule has 0 saturated carbocycles. The van der Waals surface area contributed by atoms with E-state index in [1.165, 1.54) is 19.3 Å². The predicted octanol–water partition coefficient (Wildman–Crippen LogP) is 9.18. The van der Waals surface area contributed by atoms with Gasteiger partial charge < -0.3 is 19.4 Å². The Labute approximate surface area is 268 Å². The quantitative estimate of drug-likeness (QED) is 0.0478. The highest BCUT2D eigenvalue weighted by atomic mass is 28.4. The molecule has 3 atom stereocenters. The van der Waals surface area contributed by atoms with Gasteiger partial charge in [-0.25, -0.2) is 0 Å². The van der Waals surface area contributed by atoms with Crippen LogP contribution in [0.1, 0.15) is 136 Å². The fourth-order valence-corrected chi connectivity index (χ4v) is 6.34. The summed E-state index contributed by atoms with van der Waals surface area (Å²) in [5, 5.41) is 20.7. The van der Waals surface area contributed by atoms with Crippen LogP contribution in [0.15, 0.2) is 0 Å². The van der Waals surface area contributed by atoms with E-state index < -0.39 is 22.5 Å². The number of aliphatic hydroxyl groups excluding tert-OH is 2. The Morgan fingerprint density at radius 3 is 1.88 bits per heavy atom. The van der Waals surface area contributed by atoms with Crippen molar-refractivity contribution in [3.63, 3.8) is 0 Å². The monoisotopic (exact) mass is 636 g/mol. The molecule has 0 aliphatic carbocycles. The van der Waals surface area contributed by atoms with Crippen molar-refractivity contribution in [1.29, 1.82) is 0 Å². The van der Waals surface area contributed by atoms with Crippen molar-refractivity contribution >= 4 is 22.4 Å². The van der Waals surface area contributed by atoms with Crippen molar-refractivity contribution in [2.45, 2.75) is 192 Å². The minimum Gasteiger partial charge on any atom is -0.462 e. The molecule has 3 unspecified atom stereocenters. The number of unbranched alkanes of at least 4 members (excludes halogenated alkanes) is 8. The van der Waals surface area contributed by atoms with Gasteiger partial charge in [0.1, 0.15) is 14.2 Å². The van der Waals surface area contributed by atoms with Crippen LogP contribution < -0.4 is 0 Å². The first kappa shape index (κ1) is 41.9. The molecule has 0 aliphatic rings. The fraction of sp³-hybridized carbons (Fsp3) is 0.861. The molecule has 0 aromatic rings. The standard InChI is InChI=1S/C36H68O5Si2/c1-10-11-17-24-32(37)25-18-16-19-26-33(38)31-35(39)41-34(28-21-23-30-42(5,6)7)27-20-14-12-13-15-22-29-40-43(8,9)36(2,3)4/h1,32-34,37-38H,11-22,24-29,31H2,2-9H3. The molecule has 0 bridgehead atoms. The van der Waals surface area contributed by atoms with Gasteiger partial charge in [-0.1, -0.05) is 85.4 Å². The molecule has 2 N–H and O–H groups in total. The van der Waals surface area contributed by atoms with Crippen molar-refractivity contribution in [3.8, 4) is 23.8 Å². The molecular formula is C36H68O5Si2. The van der Waals surface area contributed by atoms with Crippen LogP contribution in [0.4, 0.5) is 0 Å². The Morgan fingerprint density at radius 2 is 1.28 bits per heavy atom. The number of aliphatic hydroxyl groups is 2. The zero-order chi connectivity index (χ0) is 32.8. The van der Waals surface area contributed by atoms with Crippen molar-refractivity contribution in [2.75, 3.05) is 6.61 Å². The van der Waals surface area contributed by atoms with Gasteiger partial charge >= 0.3 is 5.97 Å². The highest BCUT2D eigenvalue weighted by Gasteiger charge is 2.36. The number of hydrogen-bond acceptors (Lipinski definition) is 5. The lowest BCUT2D eigenvalue weighted by molar-refractivity contribution is -0.152. The maximum absolute atomic E-state index is 12.7. The van der Waals surface area contributed by atoms with Crippen LogP contribution in [0.25, 0.3) is 0 Å². The summed E-state index contributed by atoms with van der Waals surface area (Å²) in [5.74, 6) is 5.62. The third-order valence-corrected chi connectivity index (χ3v) is 13.8. The lowest BCUT2D eigenvalue weighted by Crippen LogP contribution is -2.40. The third-order valence-electron chi connectivity index (χ3n) is 8.38. The lowest BCUT2D eigenvalue weighted by atomic mass is 10.0. The van der Waals surface area contributed by atoms with Gasteiger partial charge in [0.2, 0.25) is 0 Å². The zero-order valence-electron chi connectivity index (χ0n) is 29.4. The van der Waals surface area contributed by atoms with E-state index in [9.17, 15) is 15.0 Å². The number of hydrogen-bond donors (Lipinski definition) is 2. The Morgan fingerprint density at radius 1 is 0.744 bits per heavy atom. The first-order valence-corrected chi connectivity index (χ1v) is 23.6. The van der Waals surface area contributed by atoms with Crippen LogP contribution in [0.3, 0.4) is 0 Å². The summed E-state index contributed by atoms with van der Waals surface area (Å²) in [6.45, 7) is 19.1. The third kappa shape index (κ3) is 24.9. The van der Waals surface area contributed by atoms with Gasteiger partial charge in [0.15, 0.2) is 8.32 Å². The van der Waals surface area contributed by atoms with E-state index in [1.807, 2.05) is 0 Å². The molecule has 0 spiro atoms. The minimum absolute atomic E-state index is 0.0444. The van der Waals surface area contributed by atoms with Gasteiger partial charge in [-0.15, -0.1) is 23.8 Å². The number of carbonyl (C=O) groups excluding carboxylic acids is 1. The first-order valence-electron chi connectivity index (χ1n) is 17.2. The normalized spacial score (nSPS) is 14.3. The van der Waals surface area contributed by atoms with E-state index >= 15 is 0 Å². The maximum Gasteiger partial charge on any atom is 0.308 e. The summed E-state index contributed by atoms with van der Waals surface area (Å²) in [6, 6.07) is 0. The molecule has 0 saturated heterocycles. The molecule has 5 nitrogen and oxygen atoms in total. The Bertz CT molecular complexity index is 826. The summed E-state index contributed by atoms with van der Waals surface area (Å²) >= 11 is 0. The highest BCUT2D eigenvalue weighted by molar-refractivity contribution is 6.83. The van der Waals surface area contributed by atoms with Crippen molar-refractivity contribution in [2.24, 2.45) is 0 Å². The van der Waals surface area contributed by atoms with E-state index in [-0.39, 0.29) is 29.6 Å². The molecule has 0 aliphatic heterocycles. The van der Waals surface area contributed by atoms with Crippen molar-refractivity contribution < 1.29 is 24.2 Å². The number of rotatable bonds is 24. The number of carbonyl (C=O) groups is 1. The predicted molar refractivity (Wildman–Crippen MR) is 188 cm³/mol. The minimum atomic E-state index is -1.64. The van der Waals surface area contributed by atoms with Gasteiger partial charge in [0.25, 0.3) is 0 Å². The summed E-state index contributed by atoms with van der Waals surface area (Å²) in [7, 11) is -3.06. The Balaban J connectivity index is 4.39. The van der Waals surface area contributed by atoms with E-state index in [4.69, 9.17) is 15.6 Å². The highest BCUT2D eigenvalue weighted by Crippen LogP contribution is 2.36. The van der Waals surface area contributed by atoms with Gasteiger partial charge in [-0.2, -0.15) is 0 Å². The van der Waals surface area contributed by atoms with Crippen LogP contribution in [0.2, 0.25) is 37.8 Å². The van der Waals surface area contributed by atoms with Gasteiger partial charge in [-0.3, -0.25) is 4.79 Å². The Kier molecular flexibility index (Phi) is 22.7. The zero-order valence-corrected chi connectivity index (χ0v) is 31.4. The second-order valence-electron chi connectivity index (χ2n) is 15.0. The van der Waals surface area contributed by atoms with Crippen LogP contribution in [0.5, 0.6) is 0 Å². The largest absolute Gasteiger partial charge is 0.462 e. The lowest BCUT2D eigenvalue weighted by Gasteiger charge is -2.36. The molecule has 0 rings (SSSR count). The van der Waals surface area contributed by atoms with Crippen molar-refractivity contribution in [1.82, 2.24) is 0 Å². The molecule has 0 aromatic carbocycles. The van der Waals surface area contributed by atoms with Crippen LogP contribution >= 0.6 is 0 Å². The fourth-order valence-electron chi connectivity index (χ4n) is 4.60. The maximum atomic E-state index is 12.7. The summed E-state index contributed by atoms with van der Waals surface area (Å²) in [5.41, 5.74) is 3.41. The molecule has 43 heavy (non-hydrogen) atoms. The second kappa shape index (κ2) is 23.3. The van der Waals surface area contributed by atoms with Crippen LogP contribution in [-0.2, 0) is 14.0 Å². The smallest absolute Gasteiger partial charge is 0.308 e. The average molecular weight is 637 g/mol.